The van der Waals surface area contributed by atoms with Crippen LogP contribution in [0.3, 0.4) is 0 Å². The topological polar surface area (TPSA) is 77.0 Å². The maximum Gasteiger partial charge on any atom is 0.224 e. The van der Waals surface area contributed by atoms with Gasteiger partial charge in [-0.1, -0.05) is 30.3 Å². The van der Waals surface area contributed by atoms with Crippen LogP contribution >= 0.6 is 12.4 Å². The molecule has 0 bridgehead atoms. The largest absolute Gasteiger partial charge is 0.337 e. The van der Waals surface area contributed by atoms with Gasteiger partial charge in [0.05, 0.1) is 6.54 Å². The van der Waals surface area contributed by atoms with Crippen LogP contribution in [0, 0.1) is 0 Å². The van der Waals surface area contributed by atoms with Crippen molar-refractivity contribution >= 4 is 18.3 Å². The number of hydrogen-bond donors (Lipinski definition) is 1. The van der Waals surface area contributed by atoms with Crippen molar-refractivity contribution in [2.24, 2.45) is 5.73 Å². The van der Waals surface area contributed by atoms with Crippen molar-refractivity contribution < 1.29 is 4.79 Å². The Labute approximate surface area is 130 Å². The normalized spacial score (nSPS) is 9.95. The number of nitrogens with zero attached hydrogens (tertiary/aromatic N) is 4. The van der Waals surface area contributed by atoms with E-state index in [0.717, 1.165) is 5.56 Å². The molecule has 0 aliphatic carbocycles. The number of hydrogen-bond acceptors (Lipinski definition) is 4. The Bertz CT molecular complexity index is 517. The maximum absolute atomic E-state index is 12.2. The van der Waals surface area contributed by atoms with Gasteiger partial charge in [-0.05, 0) is 5.56 Å². The summed E-state index contributed by atoms with van der Waals surface area (Å²) in [5.74, 6) is 0.0785. The molecule has 0 aliphatic heterocycles. The summed E-state index contributed by atoms with van der Waals surface area (Å²) >= 11 is 0. The molecule has 2 aromatic rings. The molecule has 0 saturated carbocycles. The van der Waals surface area contributed by atoms with Crippen molar-refractivity contribution in [3.8, 4) is 0 Å². The quantitative estimate of drug-likeness (QED) is 0.830. The van der Waals surface area contributed by atoms with Crippen LogP contribution in [-0.4, -0.2) is 38.7 Å². The third-order valence-electron chi connectivity index (χ3n) is 2.99. The lowest BCUT2D eigenvalue weighted by atomic mass is 10.2. The molecule has 114 valence electrons. The van der Waals surface area contributed by atoms with Crippen LogP contribution in [-0.2, 0) is 17.9 Å². The van der Waals surface area contributed by atoms with Gasteiger partial charge in [-0.25, -0.2) is 4.98 Å². The second-order valence-corrected chi connectivity index (χ2v) is 4.50. The molecule has 0 fully saturated rings. The van der Waals surface area contributed by atoms with Gasteiger partial charge in [-0.15, -0.1) is 12.4 Å². The van der Waals surface area contributed by atoms with Gasteiger partial charge in [0.2, 0.25) is 5.91 Å². The third-order valence-corrected chi connectivity index (χ3v) is 2.99. The van der Waals surface area contributed by atoms with Crippen LogP contribution in [0.2, 0.25) is 0 Å². The van der Waals surface area contributed by atoms with Crippen molar-refractivity contribution in [2.75, 3.05) is 13.1 Å². The molecule has 2 N–H and O–H groups in total. The zero-order chi connectivity index (χ0) is 14.2. The monoisotopic (exact) mass is 309 g/mol. The Morgan fingerprint density at radius 1 is 1.29 bits per heavy atom. The summed E-state index contributed by atoms with van der Waals surface area (Å²) < 4.78 is 1.65. The van der Waals surface area contributed by atoms with E-state index in [1.807, 2.05) is 30.3 Å². The first-order valence-electron chi connectivity index (χ1n) is 6.64. The predicted molar refractivity (Wildman–Crippen MR) is 82.8 cm³/mol. The van der Waals surface area contributed by atoms with Crippen LogP contribution in [0.4, 0.5) is 0 Å². The predicted octanol–water partition coefficient (Wildman–Crippen LogP) is 1.08. The number of aryl methyl sites for hydroxylation is 1. The fourth-order valence-electron chi connectivity index (χ4n) is 1.97. The third kappa shape index (κ3) is 5.53. The van der Waals surface area contributed by atoms with Crippen molar-refractivity contribution in [1.82, 2.24) is 19.7 Å². The lowest BCUT2D eigenvalue weighted by molar-refractivity contribution is -0.132. The fraction of sp³-hybridized carbons (Fsp3) is 0.357. The highest BCUT2D eigenvalue weighted by atomic mass is 35.5. The zero-order valence-corrected chi connectivity index (χ0v) is 12.6. The molecule has 7 heteroatoms. The molecule has 0 saturated heterocycles. The van der Waals surface area contributed by atoms with Gasteiger partial charge in [0.25, 0.3) is 0 Å². The first kappa shape index (κ1) is 17.1. The van der Waals surface area contributed by atoms with Gasteiger partial charge in [-0.2, -0.15) is 5.10 Å². The summed E-state index contributed by atoms with van der Waals surface area (Å²) in [7, 11) is 0. The van der Waals surface area contributed by atoms with E-state index >= 15 is 0 Å². The standard InChI is InChI=1S/C14H19N5O.ClH/c15-7-9-18(10-13-4-2-1-3-5-13)14(20)6-8-19-12-16-11-17-19;/h1-5,11-12H,6-10,15H2;1H. The highest BCUT2D eigenvalue weighted by Gasteiger charge is 2.13. The first-order chi connectivity index (χ1) is 9.79. The summed E-state index contributed by atoms with van der Waals surface area (Å²) in [5, 5.41) is 3.99. The molecule has 0 unspecified atom stereocenters. The lowest BCUT2D eigenvalue weighted by Gasteiger charge is -2.22. The van der Waals surface area contributed by atoms with Crippen LogP contribution in [0.1, 0.15) is 12.0 Å². The Morgan fingerprint density at radius 2 is 2.05 bits per heavy atom. The Balaban J connectivity index is 0.00000220. The van der Waals surface area contributed by atoms with Crippen molar-refractivity contribution in [3.05, 3.63) is 48.5 Å². The number of amides is 1. The molecule has 0 aliphatic rings. The minimum atomic E-state index is 0. The lowest BCUT2D eigenvalue weighted by Crippen LogP contribution is -2.35. The van der Waals surface area contributed by atoms with E-state index in [9.17, 15) is 4.79 Å². The Hall–Kier alpha value is -1.92. The minimum Gasteiger partial charge on any atom is -0.337 e. The van der Waals surface area contributed by atoms with Crippen LogP contribution in [0.5, 0.6) is 0 Å². The molecule has 2 rings (SSSR count). The van der Waals surface area contributed by atoms with Crippen molar-refractivity contribution in [1.29, 1.82) is 0 Å². The molecule has 0 spiro atoms. The molecule has 6 nitrogen and oxygen atoms in total. The number of rotatable bonds is 7. The number of carbonyl (C=O) groups is 1. The van der Waals surface area contributed by atoms with Gasteiger partial charge in [-0.3, -0.25) is 9.48 Å². The highest BCUT2D eigenvalue weighted by Crippen LogP contribution is 2.06. The average Bonchev–Trinajstić information content (AvgIpc) is 2.99. The van der Waals surface area contributed by atoms with E-state index in [1.54, 1.807) is 15.9 Å². The summed E-state index contributed by atoms with van der Waals surface area (Å²) in [6.07, 6.45) is 3.47. The highest BCUT2D eigenvalue weighted by molar-refractivity contribution is 5.85. The fourth-order valence-corrected chi connectivity index (χ4v) is 1.97. The van der Waals surface area contributed by atoms with E-state index in [0.29, 0.717) is 32.6 Å². The summed E-state index contributed by atoms with van der Waals surface area (Å²) in [6, 6.07) is 9.91. The van der Waals surface area contributed by atoms with E-state index < -0.39 is 0 Å². The van der Waals surface area contributed by atoms with Gasteiger partial charge in [0.1, 0.15) is 12.7 Å². The second-order valence-electron chi connectivity index (χ2n) is 4.50. The number of benzene rings is 1. The summed E-state index contributed by atoms with van der Waals surface area (Å²) in [5.41, 5.74) is 6.70. The molecule has 1 aromatic carbocycles. The first-order valence-corrected chi connectivity index (χ1v) is 6.64. The smallest absolute Gasteiger partial charge is 0.224 e. The van der Waals surface area contributed by atoms with E-state index in [-0.39, 0.29) is 18.3 Å². The molecule has 1 heterocycles. The van der Waals surface area contributed by atoms with Crippen molar-refractivity contribution in [2.45, 2.75) is 19.5 Å². The number of aromatic nitrogens is 3. The number of carbonyl (C=O) groups excluding carboxylic acids is 1. The SMILES string of the molecule is Cl.NCCN(Cc1ccccc1)C(=O)CCn1cncn1. The molecular weight excluding hydrogens is 290 g/mol. The molecule has 1 amide bonds. The van der Waals surface area contributed by atoms with Crippen molar-refractivity contribution in [3.63, 3.8) is 0 Å². The van der Waals surface area contributed by atoms with Crippen LogP contribution in [0.15, 0.2) is 43.0 Å². The minimum absolute atomic E-state index is 0. The van der Waals surface area contributed by atoms with Crippen LogP contribution in [0.25, 0.3) is 0 Å². The Kier molecular flexibility index (Phi) is 7.42. The second kappa shape index (κ2) is 9.10. The van der Waals surface area contributed by atoms with Gasteiger partial charge >= 0.3 is 0 Å². The zero-order valence-electron chi connectivity index (χ0n) is 11.8. The van der Waals surface area contributed by atoms with E-state index in [1.165, 1.54) is 6.33 Å². The number of halogens is 1. The summed E-state index contributed by atoms with van der Waals surface area (Å²) in [4.78, 5) is 17.9. The molecule has 1 aromatic heterocycles. The molecular formula is C14H20ClN5O. The molecule has 21 heavy (non-hydrogen) atoms. The summed E-state index contributed by atoms with van der Waals surface area (Å²) in [6.45, 7) is 2.15. The maximum atomic E-state index is 12.2. The molecule has 0 radical (unpaired) electrons. The van der Waals surface area contributed by atoms with E-state index in [2.05, 4.69) is 10.1 Å². The Morgan fingerprint density at radius 3 is 2.67 bits per heavy atom. The van der Waals surface area contributed by atoms with Gasteiger partial charge in [0.15, 0.2) is 0 Å². The average molecular weight is 310 g/mol. The van der Waals surface area contributed by atoms with Crippen LogP contribution < -0.4 is 5.73 Å². The van der Waals surface area contributed by atoms with Gasteiger partial charge in [0, 0.05) is 26.1 Å². The van der Waals surface area contributed by atoms with E-state index in [4.69, 9.17) is 5.73 Å². The number of nitrogens with two attached hydrogens (primary N) is 1. The molecule has 0 atom stereocenters. The van der Waals surface area contributed by atoms with Gasteiger partial charge < -0.3 is 10.6 Å².